The molecule has 1 saturated heterocycles. The van der Waals surface area contributed by atoms with E-state index in [1.54, 1.807) is 4.31 Å². The van der Waals surface area contributed by atoms with Gasteiger partial charge in [0.1, 0.15) is 0 Å². The summed E-state index contributed by atoms with van der Waals surface area (Å²) in [5.41, 5.74) is 5.83. The Morgan fingerprint density at radius 2 is 1.78 bits per heavy atom. The van der Waals surface area contributed by atoms with Crippen LogP contribution in [0.5, 0.6) is 0 Å². The van der Waals surface area contributed by atoms with Gasteiger partial charge in [0, 0.05) is 38.8 Å². The average Bonchev–Trinajstić information content (AvgIpc) is 2.34. The lowest BCUT2D eigenvalue weighted by Crippen LogP contribution is -2.53. The first-order chi connectivity index (χ1) is 8.49. The van der Waals surface area contributed by atoms with E-state index < -0.39 is 10.0 Å². The summed E-state index contributed by atoms with van der Waals surface area (Å²) in [4.78, 5) is 2.34. The molecule has 1 heterocycles. The fraction of sp³-hybridized carbons (Fsp3) is 1.00. The molecule has 1 rings (SSSR count). The van der Waals surface area contributed by atoms with Gasteiger partial charge in [-0.05, 0) is 6.42 Å². The lowest BCUT2D eigenvalue weighted by Gasteiger charge is -2.38. The van der Waals surface area contributed by atoms with E-state index in [4.69, 9.17) is 5.73 Å². The van der Waals surface area contributed by atoms with Gasteiger partial charge in [-0.15, -0.1) is 0 Å². The van der Waals surface area contributed by atoms with Crippen LogP contribution in [0.2, 0.25) is 0 Å². The number of piperazine rings is 1. The van der Waals surface area contributed by atoms with Crippen molar-refractivity contribution < 1.29 is 8.42 Å². The van der Waals surface area contributed by atoms with Crippen molar-refractivity contribution >= 4 is 10.0 Å². The van der Waals surface area contributed by atoms with E-state index in [0.29, 0.717) is 25.7 Å². The number of hydrogen-bond donors (Lipinski definition) is 1. The third kappa shape index (κ3) is 4.84. The van der Waals surface area contributed by atoms with Gasteiger partial charge in [-0.3, -0.25) is 4.90 Å². The number of unbranched alkanes of at least 4 members (excludes halogenated alkanes) is 2. The maximum Gasteiger partial charge on any atom is 0.211 e. The number of nitrogens with zero attached hydrogens (tertiary/aromatic N) is 2. The molecule has 0 aromatic rings. The van der Waals surface area contributed by atoms with E-state index >= 15 is 0 Å². The number of sulfonamides is 1. The molecule has 1 unspecified atom stereocenters. The molecular weight excluding hydrogens is 250 g/mol. The smallest absolute Gasteiger partial charge is 0.211 e. The van der Waals surface area contributed by atoms with Gasteiger partial charge in [-0.1, -0.05) is 26.2 Å². The Kier molecular flexibility index (Phi) is 6.55. The molecule has 5 nitrogen and oxygen atoms in total. The number of hydrogen-bond acceptors (Lipinski definition) is 4. The van der Waals surface area contributed by atoms with Crippen LogP contribution in [-0.4, -0.2) is 62.6 Å². The summed E-state index contributed by atoms with van der Waals surface area (Å²) in [6.45, 7) is 5.68. The van der Waals surface area contributed by atoms with E-state index in [1.807, 2.05) is 0 Å². The monoisotopic (exact) mass is 277 g/mol. The Morgan fingerprint density at radius 3 is 2.22 bits per heavy atom. The standard InChI is InChI=1S/C12H27N3O2S/c1-3-4-5-6-12(11-13)14-7-9-15(10-8-14)18(2,16)17/h12H,3-11,13H2,1-2H3. The normalized spacial score (nSPS) is 21.1. The number of nitrogens with two attached hydrogens (primary N) is 1. The van der Waals surface area contributed by atoms with Crippen LogP contribution in [0.15, 0.2) is 0 Å². The highest BCUT2D eigenvalue weighted by atomic mass is 32.2. The molecule has 2 N–H and O–H groups in total. The Labute approximate surface area is 111 Å². The average molecular weight is 277 g/mol. The maximum absolute atomic E-state index is 11.4. The zero-order valence-electron chi connectivity index (χ0n) is 11.6. The minimum Gasteiger partial charge on any atom is -0.329 e. The molecule has 0 radical (unpaired) electrons. The fourth-order valence-electron chi connectivity index (χ4n) is 2.48. The molecule has 0 aromatic carbocycles. The highest BCUT2D eigenvalue weighted by Gasteiger charge is 2.26. The van der Waals surface area contributed by atoms with Gasteiger partial charge in [0.05, 0.1) is 6.26 Å². The summed E-state index contributed by atoms with van der Waals surface area (Å²) in [6, 6.07) is 0.415. The van der Waals surface area contributed by atoms with Crippen LogP contribution >= 0.6 is 0 Å². The molecule has 6 heteroatoms. The zero-order valence-corrected chi connectivity index (χ0v) is 12.5. The molecule has 0 spiro atoms. The quantitative estimate of drug-likeness (QED) is 0.687. The first kappa shape index (κ1) is 15.9. The van der Waals surface area contributed by atoms with Crippen molar-refractivity contribution in [1.29, 1.82) is 0 Å². The molecule has 1 aliphatic rings. The summed E-state index contributed by atoms with van der Waals surface area (Å²) in [6.07, 6.45) is 6.09. The Hall–Kier alpha value is -0.170. The molecule has 0 amide bonds. The molecule has 0 aliphatic carbocycles. The summed E-state index contributed by atoms with van der Waals surface area (Å²) < 4.78 is 24.4. The van der Waals surface area contributed by atoms with Crippen LogP contribution < -0.4 is 5.73 Å². The first-order valence-electron chi connectivity index (χ1n) is 6.88. The van der Waals surface area contributed by atoms with E-state index in [0.717, 1.165) is 19.5 Å². The fourth-order valence-corrected chi connectivity index (χ4v) is 3.31. The van der Waals surface area contributed by atoms with Gasteiger partial charge < -0.3 is 5.73 Å². The van der Waals surface area contributed by atoms with Crippen molar-refractivity contribution in [3.63, 3.8) is 0 Å². The second-order valence-corrected chi connectivity index (χ2v) is 7.07. The van der Waals surface area contributed by atoms with Crippen molar-refractivity contribution in [2.75, 3.05) is 39.0 Å². The molecule has 108 valence electrons. The Bertz CT molecular complexity index is 324. The van der Waals surface area contributed by atoms with Crippen molar-refractivity contribution in [1.82, 2.24) is 9.21 Å². The van der Waals surface area contributed by atoms with E-state index in [1.165, 1.54) is 25.5 Å². The minimum atomic E-state index is -3.03. The van der Waals surface area contributed by atoms with Crippen LogP contribution in [0.25, 0.3) is 0 Å². The van der Waals surface area contributed by atoms with E-state index in [9.17, 15) is 8.42 Å². The molecule has 1 atom stereocenters. The molecule has 0 saturated carbocycles. The van der Waals surface area contributed by atoms with Crippen molar-refractivity contribution in [3.05, 3.63) is 0 Å². The molecular formula is C12H27N3O2S. The van der Waals surface area contributed by atoms with Crippen LogP contribution in [-0.2, 0) is 10.0 Å². The first-order valence-corrected chi connectivity index (χ1v) is 8.73. The summed E-state index contributed by atoms with van der Waals surface area (Å²) >= 11 is 0. The predicted octanol–water partition coefficient (Wildman–Crippen LogP) is 0.471. The third-order valence-electron chi connectivity index (χ3n) is 3.67. The predicted molar refractivity (Wildman–Crippen MR) is 75.0 cm³/mol. The third-order valence-corrected chi connectivity index (χ3v) is 4.97. The van der Waals surface area contributed by atoms with Gasteiger partial charge in [0.25, 0.3) is 0 Å². The minimum absolute atomic E-state index is 0.415. The summed E-state index contributed by atoms with van der Waals surface area (Å²) in [5.74, 6) is 0. The van der Waals surface area contributed by atoms with Gasteiger partial charge in [-0.2, -0.15) is 4.31 Å². The Balaban J connectivity index is 2.40. The van der Waals surface area contributed by atoms with Crippen molar-refractivity contribution in [2.45, 2.75) is 38.6 Å². The maximum atomic E-state index is 11.4. The highest BCUT2D eigenvalue weighted by Crippen LogP contribution is 2.13. The molecule has 0 bridgehead atoms. The van der Waals surface area contributed by atoms with Gasteiger partial charge in [-0.25, -0.2) is 8.42 Å². The van der Waals surface area contributed by atoms with E-state index in [2.05, 4.69) is 11.8 Å². The SMILES string of the molecule is CCCCCC(CN)N1CCN(S(C)(=O)=O)CC1. The van der Waals surface area contributed by atoms with E-state index in [-0.39, 0.29) is 0 Å². The molecule has 1 aliphatic heterocycles. The van der Waals surface area contributed by atoms with Crippen LogP contribution in [0, 0.1) is 0 Å². The summed E-state index contributed by atoms with van der Waals surface area (Å²) in [5, 5.41) is 0. The van der Waals surface area contributed by atoms with Crippen LogP contribution in [0.4, 0.5) is 0 Å². The second-order valence-electron chi connectivity index (χ2n) is 5.08. The van der Waals surface area contributed by atoms with Crippen LogP contribution in [0.3, 0.4) is 0 Å². The zero-order chi connectivity index (χ0) is 13.6. The van der Waals surface area contributed by atoms with Gasteiger partial charge in [0.2, 0.25) is 10.0 Å². The molecule has 0 aromatic heterocycles. The molecule has 1 fully saturated rings. The second kappa shape index (κ2) is 7.43. The van der Waals surface area contributed by atoms with Gasteiger partial charge in [0.15, 0.2) is 0 Å². The van der Waals surface area contributed by atoms with Gasteiger partial charge >= 0.3 is 0 Å². The molecule has 18 heavy (non-hydrogen) atoms. The Morgan fingerprint density at radius 1 is 1.17 bits per heavy atom. The van der Waals surface area contributed by atoms with Crippen molar-refractivity contribution in [2.24, 2.45) is 5.73 Å². The largest absolute Gasteiger partial charge is 0.329 e. The lowest BCUT2D eigenvalue weighted by atomic mass is 10.1. The number of rotatable bonds is 7. The lowest BCUT2D eigenvalue weighted by molar-refractivity contribution is 0.132. The highest BCUT2D eigenvalue weighted by molar-refractivity contribution is 7.88. The van der Waals surface area contributed by atoms with Crippen molar-refractivity contribution in [3.8, 4) is 0 Å². The van der Waals surface area contributed by atoms with Crippen LogP contribution in [0.1, 0.15) is 32.6 Å². The topological polar surface area (TPSA) is 66.6 Å². The summed E-state index contributed by atoms with van der Waals surface area (Å²) in [7, 11) is -3.03.